The number of benzene rings is 1. The van der Waals surface area contributed by atoms with Gasteiger partial charge in [-0.2, -0.15) is 0 Å². The van der Waals surface area contributed by atoms with Crippen molar-refractivity contribution in [2.45, 2.75) is 6.04 Å². The Morgan fingerprint density at radius 2 is 2.33 bits per heavy atom. The molecule has 1 aromatic carbocycles. The quantitative estimate of drug-likeness (QED) is 0.891. The summed E-state index contributed by atoms with van der Waals surface area (Å²) in [6.45, 7) is 0. The molecule has 0 radical (unpaired) electrons. The van der Waals surface area contributed by atoms with E-state index in [2.05, 4.69) is 10.3 Å². The van der Waals surface area contributed by atoms with Crippen molar-refractivity contribution in [3.05, 3.63) is 41.2 Å². The second kappa shape index (κ2) is 5.24. The largest absolute Gasteiger partial charge is 0.480 e. The number of nitrogens with zero attached hydrogens (tertiary/aromatic N) is 1. The van der Waals surface area contributed by atoms with Crippen LogP contribution in [0.15, 0.2) is 29.6 Å². The molecule has 0 saturated heterocycles. The smallest absolute Gasteiger partial charge is 0.327 e. The molecule has 0 amide bonds. The minimum absolute atomic E-state index is 0.340. The van der Waals surface area contributed by atoms with Gasteiger partial charge >= 0.3 is 5.97 Å². The molecular weight excluding hydrogens is 255 g/mol. The highest BCUT2D eigenvalue weighted by Gasteiger charge is 2.20. The van der Waals surface area contributed by atoms with Gasteiger partial charge in [-0.15, -0.1) is 11.3 Å². The minimum Gasteiger partial charge on any atom is -0.480 e. The zero-order valence-corrected chi connectivity index (χ0v) is 10.4. The molecule has 0 aliphatic rings. The Morgan fingerprint density at radius 3 is 2.94 bits per heavy atom. The first-order valence-corrected chi connectivity index (χ1v) is 6.11. The van der Waals surface area contributed by atoms with Crippen LogP contribution in [0.5, 0.6) is 0 Å². The lowest BCUT2D eigenvalue weighted by Gasteiger charge is -2.06. The number of halogens is 1. The van der Waals surface area contributed by atoms with Gasteiger partial charge in [0, 0.05) is 10.9 Å². The van der Waals surface area contributed by atoms with Crippen LogP contribution in [0.1, 0.15) is 11.7 Å². The van der Waals surface area contributed by atoms with E-state index in [-0.39, 0.29) is 5.82 Å². The average Bonchev–Trinajstić information content (AvgIpc) is 2.79. The molecule has 18 heavy (non-hydrogen) atoms. The van der Waals surface area contributed by atoms with Gasteiger partial charge in [-0.05, 0) is 19.2 Å². The third-order valence-electron chi connectivity index (χ3n) is 2.42. The highest BCUT2D eigenvalue weighted by molar-refractivity contribution is 7.13. The molecule has 0 bridgehead atoms. The fraction of sp³-hybridized carbons (Fsp3) is 0.167. The number of carboxylic acids is 1. The summed E-state index contributed by atoms with van der Waals surface area (Å²) >= 11 is 1.29. The van der Waals surface area contributed by atoms with Crippen molar-refractivity contribution in [3.63, 3.8) is 0 Å². The molecule has 2 aromatic rings. The molecule has 0 aliphatic heterocycles. The highest BCUT2D eigenvalue weighted by atomic mass is 32.1. The summed E-state index contributed by atoms with van der Waals surface area (Å²) in [6.07, 6.45) is 0. The molecular formula is C12H11FN2O2S. The molecule has 1 aromatic heterocycles. The molecule has 2 rings (SSSR count). The van der Waals surface area contributed by atoms with Gasteiger partial charge in [0.1, 0.15) is 16.9 Å². The van der Waals surface area contributed by atoms with E-state index in [1.807, 2.05) is 0 Å². The first-order chi connectivity index (χ1) is 8.61. The lowest BCUT2D eigenvalue weighted by Crippen LogP contribution is -2.25. The molecule has 1 atom stereocenters. The van der Waals surface area contributed by atoms with E-state index in [0.717, 1.165) is 0 Å². The van der Waals surface area contributed by atoms with Crippen molar-refractivity contribution in [2.75, 3.05) is 7.05 Å². The summed E-state index contributed by atoms with van der Waals surface area (Å²) in [6, 6.07) is 5.21. The van der Waals surface area contributed by atoms with Gasteiger partial charge in [-0.25, -0.2) is 9.37 Å². The predicted octanol–water partition coefficient (Wildman–Crippen LogP) is 2.29. The highest BCUT2D eigenvalue weighted by Crippen LogP contribution is 2.26. The van der Waals surface area contributed by atoms with Crippen molar-refractivity contribution in [3.8, 4) is 10.6 Å². The Hall–Kier alpha value is -1.79. The Kier molecular flexibility index (Phi) is 3.69. The normalized spacial score (nSPS) is 12.3. The van der Waals surface area contributed by atoms with Crippen LogP contribution in [0.2, 0.25) is 0 Å². The summed E-state index contributed by atoms with van der Waals surface area (Å²) in [5.74, 6) is -1.33. The van der Waals surface area contributed by atoms with E-state index in [1.165, 1.54) is 23.5 Å². The summed E-state index contributed by atoms with van der Waals surface area (Å²) in [7, 11) is 1.56. The third kappa shape index (κ3) is 2.55. The van der Waals surface area contributed by atoms with E-state index in [1.54, 1.807) is 24.6 Å². The maximum absolute atomic E-state index is 13.1. The number of carboxylic acid groups (broad SMARTS) is 1. The van der Waals surface area contributed by atoms with Gasteiger partial charge in [0.2, 0.25) is 0 Å². The second-order valence-corrected chi connectivity index (χ2v) is 4.51. The number of thiazole rings is 1. The van der Waals surface area contributed by atoms with E-state index in [9.17, 15) is 9.18 Å². The van der Waals surface area contributed by atoms with Crippen molar-refractivity contribution >= 4 is 17.3 Å². The van der Waals surface area contributed by atoms with Gasteiger partial charge in [0.15, 0.2) is 0 Å². The molecule has 0 aliphatic carbocycles. The van der Waals surface area contributed by atoms with Crippen LogP contribution in [0.25, 0.3) is 10.6 Å². The van der Waals surface area contributed by atoms with E-state index < -0.39 is 12.0 Å². The third-order valence-corrected chi connectivity index (χ3v) is 3.33. The summed E-state index contributed by atoms with van der Waals surface area (Å²) in [4.78, 5) is 15.2. The number of likely N-dealkylation sites (N-methyl/N-ethyl adjacent to an activating group) is 1. The molecule has 1 unspecified atom stereocenters. The number of rotatable bonds is 4. The van der Waals surface area contributed by atoms with E-state index >= 15 is 0 Å². The van der Waals surface area contributed by atoms with Crippen molar-refractivity contribution in [2.24, 2.45) is 0 Å². The molecule has 0 spiro atoms. The minimum atomic E-state index is -0.992. The topological polar surface area (TPSA) is 62.2 Å². The average molecular weight is 266 g/mol. The Bertz CT molecular complexity index is 571. The number of hydrogen-bond donors (Lipinski definition) is 2. The lowest BCUT2D eigenvalue weighted by atomic mass is 10.2. The van der Waals surface area contributed by atoms with Crippen LogP contribution in [0, 0.1) is 5.82 Å². The fourth-order valence-electron chi connectivity index (χ4n) is 1.57. The van der Waals surface area contributed by atoms with Crippen molar-refractivity contribution in [1.82, 2.24) is 10.3 Å². The van der Waals surface area contributed by atoms with Gasteiger partial charge in [0.25, 0.3) is 0 Å². The lowest BCUT2D eigenvalue weighted by molar-refractivity contribution is -0.139. The molecule has 2 N–H and O–H groups in total. The van der Waals surface area contributed by atoms with E-state index in [4.69, 9.17) is 5.11 Å². The van der Waals surface area contributed by atoms with Gasteiger partial charge in [0.05, 0.1) is 5.69 Å². The number of nitrogens with one attached hydrogen (secondary N) is 1. The van der Waals surface area contributed by atoms with Crippen LogP contribution >= 0.6 is 11.3 Å². The van der Waals surface area contributed by atoms with Crippen LogP contribution < -0.4 is 5.32 Å². The van der Waals surface area contributed by atoms with Crippen molar-refractivity contribution in [1.29, 1.82) is 0 Å². The zero-order valence-electron chi connectivity index (χ0n) is 9.55. The van der Waals surface area contributed by atoms with Crippen LogP contribution in [-0.2, 0) is 4.79 Å². The van der Waals surface area contributed by atoms with Crippen molar-refractivity contribution < 1.29 is 14.3 Å². The second-order valence-electron chi connectivity index (χ2n) is 3.65. The molecule has 6 heteroatoms. The number of aliphatic carboxylic acids is 1. The number of aromatic nitrogens is 1. The first-order valence-electron chi connectivity index (χ1n) is 5.23. The first kappa shape index (κ1) is 12.7. The fourth-order valence-corrected chi connectivity index (χ4v) is 2.41. The van der Waals surface area contributed by atoms with Gasteiger partial charge in [-0.3, -0.25) is 4.79 Å². The Labute approximate surface area is 107 Å². The van der Waals surface area contributed by atoms with Gasteiger partial charge in [-0.1, -0.05) is 12.1 Å². The molecule has 4 nitrogen and oxygen atoms in total. The summed E-state index contributed by atoms with van der Waals surface area (Å²) in [5.41, 5.74) is 1.07. The summed E-state index contributed by atoms with van der Waals surface area (Å²) < 4.78 is 13.1. The molecule has 94 valence electrons. The number of hydrogen-bond acceptors (Lipinski definition) is 4. The SMILES string of the molecule is CNC(C(=O)O)c1csc(-c2cccc(F)c2)n1. The standard InChI is InChI=1S/C12H11FN2O2S/c1-14-10(12(16)17)9-6-18-11(15-9)7-3-2-4-8(13)5-7/h2-6,10,14H,1H3,(H,16,17). The van der Waals surface area contributed by atoms with Gasteiger partial charge < -0.3 is 10.4 Å². The van der Waals surface area contributed by atoms with Crippen LogP contribution in [0.3, 0.4) is 0 Å². The maximum atomic E-state index is 13.1. The summed E-state index contributed by atoms with van der Waals surface area (Å²) in [5, 5.41) is 13.9. The predicted molar refractivity (Wildman–Crippen MR) is 66.9 cm³/mol. The zero-order chi connectivity index (χ0) is 13.1. The molecule has 0 saturated carbocycles. The number of carbonyl (C=O) groups is 1. The Balaban J connectivity index is 2.33. The van der Waals surface area contributed by atoms with E-state index in [0.29, 0.717) is 16.3 Å². The van der Waals surface area contributed by atoms with Crippen LogP contribution in [0.4, 0.5) is 4.39 Å². The monoisotopic (exact) mass is 266 g/mol. The Morgan fingerprint density at radius 1 is 1.56 bits per heavy atom. The maximum Gasteiger partial charge on any atom is 0.327 e. The molecule has 0 fully saturated rings. The van der Waals surface area contributed by atoms with Crippen LogP contribution in [-0.4, -0.2) is 23.1 Å². The molecule has 1 heterocycles.